The number of nitrogens with zero attached hydrogens (tertiary/aromatic N) is 3. The second-order valence-electron chi connectivity index (χ2n) is 6.26. The van der Waals surface area contributed by atoms with E-state index in [1.165, 1.54) is 25.0 Å². The van der Waals surface area contributed by atoms with E-state index in [0.717, 1.165) is 24.3 Å². The van der Waals surface area contributed by atoms with E-state index in [-0.39, 0.29) is 0 Å². The molecule has 108 valence electrons. The van der Waals surface area contributed by atoms with Gasteiger partial charge >= 0.3 is 0 Å². The second-order valence-corrected chi connectivity index (χ2v) is 6.26. The summed E-state index contributed by atoms with van der Waals surface area (Å²) < 4.78 is 2.17. The van der Waals surface area contributed by atoms with Crippen molar-refractivity contribution in [1.82, 2.24) is 14.9 Å². The van der Waals surface area contributed by atoms with Crippen molar-refractivity contribution in [2.75, 3.05) is 19.0 Å². The molecule has 19 heavy (non-hydrogen) atoms. The molecular formula is C15H28N4. The summed E-state index contributed by atoms with van der Waals surface area (Å²) >= 11 is 0. The van der Waals surface area contributed by atoms with Crippen molar-refractivity contribution in [2.45, 2.75) is 45.7 Å². The van der Waals surface area contributed by atoms with Gasteiger partial charge in [-0.2, -0.15) is 0 Å². The van der Waals surface area contributed by atoms with Crippen LogP contribution in [0.3, 0.4) is 0 Å². The molecular weight excluding hydrogens is 236 g/mol. The zero-order chi connectivity index (χ0) is 14.0. The smallest absolute Gasteiger partial charge is 0.204 e. The Morgan fingerprint density at radius 2 is 2.11 bits per heavy atom. The summed E-state index contributed by atoms with van der Waals surface area (Å²) in [4.78, 5) is 6.51. The van der Waals surface area contributed by atoms with Crippen LogP contribution in [0.15, 0.2) is 6.20 Å². The van der Waals surface area contributed by atoms with E-state index in [0.29, 0.717) is 6.04 Å². The third-order valence-electron chi connectivity index (χ3n) is 4.71. The average molecular weight is 264 g/mol. The van der Waals surface area contributed by atoms with E-state index in [1.54, 1.807) is 0 Å². The van der Waals surface area contributed by atoms with Crippen molar-refractivity contribution in [2.24, 2.45) is 18.9 Å². The first-order valence-corrected chi connectivity index (χ1v) is 7.42. The molecule has 1 saturated carbocycles. The van der Waals surface area contributed by atoms with E-state index in [4.69, 9.17) is 0 Å². The highest BCUT2D eigenvalue weighted by molar-refractivity contribution is 5.30. The summed E-state index contributed by atoms with van der Waals surface area (Å²) in [5.41, 5.74) is 1.26. The van der Waals surface area contributed by atoms with Crippen LogP contribution >= 0.6 is 0 Å². The van der Waals surface area contributed by atoms with Gasteiger partial charge in [-0.25, -0.2) is 4.98 Å². The van der Waals surface area contributed by atoms with Crippen LogP contribution in [0.25, 0.3) is 0 Å². The van der Waals surface area contributed by atoms with Gasteiger partial charge in [-0.05, 0) is 18.3 Å². The number of aromatic nitrogens is 2. The van der Waals surface area contributed by atoms with Gasteiger partial charge in [0, 0.05) is 33.7 Å². The first kappa shape index (κ1) is 14.4. The Balaban J connectivity index is 1.95. The van der Waals surface area contributed by atoms with E-state index in [9.17, 15) is 0 Å². The first-order valence-electron chi connectivity index (χ1n) is 7.42. The van der Waals surface area contributed by atoms with Crippen molar-refractivity contribution in [1.29, 1.82) is 0 Å². The van der Waals surface area contributed by atoms with Gasteiger partial charge in [0.2, 0.25) is 5.95 Å². The lowest BCUT2D eigenvalue weighted by Gasteiger charge is -2.34. The van der Waals surface area contributed by atoms with Crippen LogP contribution in [0, 0.1) is 11.8 Å². The van der Waals surface area contributed by atoms with Gasteiger partial charge in [-0.1, -0.05) is 26.7 Å². The monoisotopic (exact) mass is 264 g/mol. The van der Waals surface area contributed by atoms with Gasteiger partial charge < -0.3 is 14.8 Å². The van der Waals surface area contributed by atoms with E-state index >= 15 is 0 Å². The molecule has 1 aromatic heterocycles. The van der Waals surface area contributed by atoms with Gasteiger partial charge in [0.25, 0.3) is 0 Å². The van der Waals surface area contributed by atoms with Gasteiger partial charge in [-0.3, -0.25) is 0 Å². The topological polar surface area (TPSA) is 33.1 Å². The minimum atomic E-state index is 0.654. The Bertz CT molecular complexity index is 410. The molecule has 4 heteroatoms. The molecule has 3 atom stereocenters. The first-order chi connectivity index (χ1) is 9.00. The molecule has 1 fully saturated rings. The lowest BCUT2D eigenvalue weighted by molar-refractivity contribution is 0.205. The molecule has 0 aliphatic heterocycles. The summed E-state index contributed by atoms with van der Waals surface area (Å²) in [6.45, 7) is 5.68. The largest absolute Gasteiger partial charge is 0.348 e. The number of hydrogen-bond acceptors (Lipinski definition) is 3. The molecule has 0 radical (unpaired) electrons. The van der Waals surface area contributed by atoms with Crippen molar-refractivity contribution in [3.63, 3.8) is 0 Å². The van der Waals surface area contributed by atoms with Crippen molar-refractivity contribution >= 4 is 5.95 Å². The SMILES string of the molecule is CC1CCCC(NCc2cnc(N(C)C)n2C)C1C. The molecule has 0 spiro atoms. The van der Waals surface area contributed by atoms with Crippen LogP contribution in [0.4, 0.5) is 5.95 Å². The summed E-state index contributed by atoms with van der Waals surface area (Å²) in [6.07, 6.45) is 6.04. The highest BCUT2D eigenvalue weighted by Gasteiger charge is 2.26. The van der Waals surface area contributed by atoms with Crippen LogP contribution < -0.4 is 10.2 Å². The molecule has 3 unspecified atom stereocenters. The fourth-order valence-corrected chi connectivity index (χ4v) is 3.12. The van der Waals surface area contributed by atoms with E-state index in [2.05, 4.69) is 40.7 Å². The fraction of sp³-hybridized carbons (Fsp3) is 0.800. The number of hydrogen-bond donors (Lipinski definition) is 1. The molecule has 0 aromatic carbocycles. The molecule has 1 N–H and O–H groups in total. The molecule has 0 saturated heterocycles. The number of nitrogens with one attached hydrogen (secondary N) is 1. The number of anilines is 1. The summed E-state index contributed by atoms with van der Waals surface area (Å²) in [5, 5.41) is 3.73. The Morgan fingerprint density at radius 1 is 1.37 bits per heavy atom. The zero-order valence-electron chi connectivity index (χ0n) is 13.0. The third kappa shape index (κ3) is 3.11. The van der Waals surface area contributed by atoms with Crippen LogP contribution in [0.2, 0.25) is 0 Å². The minimum absolute atomic E-state index is 0.654. The number of imidazole rings is 1. The molecule has 2 rings (SSSR count). The Hall–Kier alpha value is -1.03. The van der Waals surface area contributed by atoms with Gasteiger partial charge in [0.05, 0.1) is 11.9 Å². The van der Waals surface area contributed by atoms with Crippen molar-refractivity contribution < 1.29 is 0 Å². The maximum absolute atomic E-state index is 4.46. The predicted octanol–water partition coefficient (Wildman–Crippen LogP) is 2.40. The van der Waals surface area contributed by atoms with E-state index in [1.807, 2.05) is 20.3 Å². The molecule has 4 nitrogen and oxygen atoms in total. The average Bonchev–Trinajstić information content (AvgIpc) is 2.73. The van der Waals surface area contributed by atoms with Gasteiger partial charge in [-0.15, -0.1) is 0 Å². The Labute approximate surface area is 117 Å². The molecule has 0 amide bonds. The summed E-state index contributed by atoms with van der Waals surface area (Å²) in [7, 11) is 6.15. The van der Waals surface area contributed by atoms with Crippen molar-refractivity contribution in [3.8, 4) is 0 Å². The van der Waals surface area contributed by atoms with E-state index < -0.39 is 0 Å². The van der Waals surface area contributed by atoms with Crippen LogP contribution in [-0.4, -0.2) is 29.7 Å². The standard InChI is InChI=1S/C15H28N4/c1-11-7-6-8-14(12(11)2)16-9-13-10-17-15(18(3)4)19(13)5/h10-12,14,16H,6-9H2,1-5H3. The fourth-order valence-electron chi connectivity index (χ4n) is 3.12. The summed E-state index contributed by atoms with van der Waals surface area (Å²) in [5.74, 6) is 2.63. The quantitative estimate of drug-likeness (QED) is 0.906. The Kier molecular flexibility index (Phi) is 4.50. The highest BCUT2D eigenvalue weighted by Crippen LogP contribution is 2.29. The highest BCUT2D eigenvalue weighted by atomic mass is 15.3. The molecule has 1 aliphatic carbocycles. The minimum Gasteiger partial charge on any atom is -0.348 e. The van der Waals surface area contributed by atoms with Crippen LogP contribution in [0.5, 0.6) is 0 Å². The van der Waals surface area contributed by atoms with Gasteiger partial charge in [0.15, 0.2) is 0 Å². The zero-order valence-corrected chi connectivity index (χ0v) is 13.0. The lowest BCUT2D eigenvalue weighted by atomic mass is 9.78. The van der Waals surface area contributed by atoms with Crippen LogP contribution in [-0.2, 0) is 13.6 Å². The van der Waals surface area contributed by atoms with Crippen molar-refractivity contribution in [3.05, 3.63) is 11.9 Å². The normalized spacial score (nSPS) is 27.5. The lowest BCUT2D eigenvalue weighted by Crippen LogP contribution is -2.40. The van der Waals surface area contributed by atoms with Crippen LogP contribution in [0.1, 0.15) is 38.8 Å². The maximum Gasteiger partial charge on any atom is 0.204 e. The predicted molar refractivity (Wildman–Crippen MR) is 80.3 cm³/mol. The Morgan fingerprint density at radius 3 is 2.74 bits per heavy atom. The second kappa shape index (κ2) is 5.95. The number of rotatable bonds is 4. The maximum atomic E-state index is 4.46. The molecule has 1 aromatic rings. The third-order valence-corrected chi connectivity index (χ3v) is 4.71. The summed E-state index contributed by atoms with van der Waals surface area (Å²) in [6, 6.07) is 0.654. The molecule has 1 heterocycles. The molecule has 1 aliphatic rings. The van der Waals surface area contributed by atoms with Gasteiger partial charge in [0.1, 0.15) is 0 Å². The molecule has 0 bridgehead atoms.